The molecule has 4 heteroatoms. The molecule has 1 aromatic rings. The van der Waals surface area contributed by atoms with Crippen LogP contribution in [0.4, 0.5) is 0 Å². The fourth-order valence-corrected chi connectivity index (χ4v) is 4.38. The third kappa shape index (κ3) is 2.81. The van der Waals surface area contributed by atoms with Gasteiger partial charge in [0.25, 0.3) is 0 Å². The summed E-state index contributed by atoms with van der Waals surface area (Å²) in [5.41, 5.74) is 9.34. The first-order valence-corrected chi connectivity index (χ1v) is 8.76. The maximum atomic E-state index is 12.1. The molecule has 4 atom stereocenters. The lowest BCUT2D eigenvalue weighted by molar-refractivity contribution is -0.125. The van der Waals surface area contributed by atoms with Gasteiger partial charge in [-0.05, 0) is 37.2 Å². The lowest BCUT2D eigenvalue weighted by atomic mass is 9.68. The van der Waals surface area contributed by atoms with Crippen LogP contribution in [0.15, 0.2) is 35.9 Å². The summed E-state index contributed by atoms with van der Waals surface area (Å²) >= 11 is 0. The van der Waals surface area contributed by atoms with Gasteiger partial charge in [-0.1, -0.05) is 48.4 Å². The minimum Gasteiger partial charge on any atom is -0.339 e. The van der Waals surface area contributed by atoms with Crippen LogP contribution in [0.3, 0.4) is 0 Å². The van der Waals surface area contributed by atoms with Crippen LogP contribution in [-0.2, 0) is 4.79 Å². The summed E-state index contributed by atoms with van der Waals surface area (Å²) in [5, 5.41) is 3.12. The zero-order chi connectivity index (χ0) is 15.8. The second-order valence-corrected chi connectivity index (χ2v) is 7.24. The number of hydrogen-bond acceptors (Lipinski definition) is 3. The molecule has 0 aromatic heterocycles. The molecule has 1 aliphatic carbocycles. The molecule has 3 N–H and O–H groups in total. The normalized spacial score (nSPS) is 34.7. The van der Waals surface area contributed by atoms with E-state index in [1.165, 1.54) is 30.4 Å². The summed E-state index contributed by atoms with van der Waals surface area (Å²) in [6.07, 6.45) is 6.87. The number of carbonyl (C=O) groups is 1. The average Bonchev–Trinajstić information content (AvgIpc) is 2.89. The number of piperidine rings is 1. The molecule has 0 spiro atoms. The Balaban J connectivity index is 1.61. The number of benzene rings is 1. The molecule has 4 unspecified atom stereocenters. The molecule has 4 nitrogen and oxygen atoms in total. The first-order valence-electron chi connectivity index (χ1n) is 8.76. The third-order valence-electron chi connectivity index (χ3n) is 5.83. The van der Waals surface area contributed by atoms with Crippen molar-refractivity contribution in [2.75, 3.05) is 0 Å². The van der Waals surface area contributed by atoms with Crippen LogP contribution in [0, 0.1) is 17.8 Å². The molecule has 0 radical (unpaired) electrons. The summed E-state index contributed by atoms with van der Waals surface area (Å²) in [7, 11) is 0. The summed E-state index contributed by atoms with van der Waals surface area (Å²) in [6.45, 7) is 2.18. The summed E-state index contributed by atoms with van der Waals surface area (Å²) < 4.78 is 0. The quantitative estimate of drug-likeness (QED) is 0.804. The minimum atomic E-state index is 0.0611. The van der Waals surface area contributed by atoms with Crippen molar-refractivity contribution < 1.29 is 4.79 Å². The maximum Gasteiger partial charge on any atom is 0.221 e. The lowest BCUT2D eigenvalue weighted by Gasteiger charge is -2.41. The fourth-order valence-electron chi connectivity index (χ4n) is 4.38. The average molecular weight is 311 g/mol. The first-order chi connectivity index (χ1) is 11.2. The van der Waals surface area contributed by atoms with Crippen LogP contribution in [0.5, 0.6) is 0 Å². The Kier molecular flexibility index (Phi) is 3.95. The van der Waals surface area contributed by atoms with Gasteiger partial charge in [-0.2, -0.15) is 0 Å². The smallest absolute Gasteiger partial charge is 0.221 e. The molecule has 23 heavy (non-hydrogen) atoms. The molecule has 2 aliphatic heterocycles. The van der Waals surface area contributed by atoms with E-state index in [4.69, 9.17) is 0 Å². The summed E-state index contributed by atoms with van der Waals surface area (Å²) in [5.74, 6) is 1.65. The lowest BCUT2D eigenvalue weighted by Crippen LogP contribution is -2.54. The zero-order valence-corrected chi connectivity index (χ0v) is 13.6. The van der Waals surface area contributed by atoms with Gasteiger partial charge in [0, 0.05) is 18.4 Å². The van der Waals surface area contributed by atoms with Gasteiger partial charge >= 0.3 is 0 Å². The van der Waals surface area contributed by atoms with E-state index in [0.717, 1.165) is 5.92 Å². The topological polar surface area (TPSA) is 53.2 Å². The molecular formula is C19H25N3O. The van der Waals surface area contributed by atoms with E-state index in [0.29, 0.717) is 24.3 Å². The van der Waals surface area contributed by atoms with Gasteiger partial charge in [-0.25, -0.2) is 5.43 Å². The van der Waals surface area contributed by atoms with E-state index in [1.807, 2.05) is 6.07 Å². The molecule has 3 fully saturated rings. The highest BCUT2D eigenvalue weighted by Gasteiger charge is 2.49. The van der Waals surface area contributed by atoms with Gasteiger partial charge in [0.05, 0.1) is 6.17 Å². The van der Waals surface area contributed by atoms with Crippen LogP contribution in [0.2, 0.25) is 0 Å². The molecule has 1 aromatic carbocycles. The van der Waals surface area contributed by atoms with Gasteiger partial charge in [0.15, 0.2) is 0 Å². The molecule has 122 valence electrons. The first kappa shape index (κ1) is 14.9. The number of hydrazine groups is 1. The Morgan fingerprint density at radius 2 is 1.96 bits per heavy atom. The number of allylic oxidation sites excluding steroid dienone is 1. The Morgan fingerprint density at radius 3 is 2.65 bits per heavy atom. The number of carbonyl (C=O) groups excluding carboxylic acids is 1. The number of amides is 1. The molecule has 3 aliphatic rings. The van der Waals surface area contributed by atoms with Crippen molar-refractivity contribution in [1.82, 2.24) is 16.2 Å². The number of nitrogens with one attached hydrogen (secondary N) is 3. The van der Waals surface area contributed by atoms with Crippen molar-refractivity contribution in [3.63, 3.8) is 0 Å². The highest BCUT2D eigenvalue weighted by molar-refractivity contribution is 5.78. The van der Waals surface area contributed by atoms with E-state index in [9.17, 15) is 4.79 Å². The van der Waals surface area contributed by atoms with E-state index >= 15 is 0 Å². The van der Waals surface area contributed by atoms with Crippen LogP contribution in [-0.4, -0.2) is 18.1 Å². The molecule has 4 rings (SSSR count). The van der Waals surface area contributed by atoms with E-state index in [2.05, 4.69) is 53.4 Å². The SMILES string of the molecule is C/C(=C\c1ccccc1)C1CC(=O)NC2NNC(C3CCC3)C21. The monoisotopic (exact) mass is 311 g/mol. The van der Waals surface area contributed by atoms with E-state index < -0.39 is 0 Å². The number of fused-ring (bicyclic) bond motifs is 1. The van der Waals surface area contributed by atoms with Gasteiger partial charge in [-0.15, -0.1) is 0 Å². The zero-order valence-electron chi connectivity index (χ0n) is 13.6. The number of rotatable bonds is 3. The second-order valence-electron chi connectivity index (χ2n) is 7.24. The maximum absolute atomic E-state index is 12.1. The predicted molar refractivity (Wildman–Crippen MR) is 91.0 cm³/mol. The molecule has 1 saturated carbocycles. The van der Waals surface area contributed by atoms with Gasteiger partial charge < -0.3 is 5.32 Å². The van der Waals surface area contributed by atoms with Gasteiger partial charge in [-0.3, -0.25) is 10.2 Å². The Bertz CT molecular complexity index is 608. The molecule has 2 heterocycles. The molecule has 2 saturated heterocycles. The Morgan fingerprint density at radius 1 is 1.17 bits per heavy atom. The Hall–Kier alpha value is -1.65. The van der Waals surface area contributed by atoms with E-state index in [1.54, 1.807) is 0 Å². The Labute approximate surface area is 137 Å². The third-order valence-corrected chi connectivity index (χ3v) is 5.83. The molecule has 1 amide bonds. The van der Waals surface area contributed by atoms with Crippen LogP contribution in [0.1, 0.15) is 38.2 Å². The van der Waals surface area contributed by atoms with E-state index in [-0.39, 0.29) is 12.1 Å². The van der Waals surface area contributed by atoms with Gasteiger partial charge in [0.1, 0.15) is 0 Å². The molecular weight excluding hydrogens is 286 g/mol. The van der Waals surface area contributed by atoms with Crippen LogP contribution < -0.4 is 16.2 Å². The van der Waals surface area contributed by atoms with Crippen molar-refractivity contribution in [3.8, 4) is 0 Å². The minimum absolute atomic E-state index is 0.0611. The van der Waals surface area contributed by atoms with Crippen LogP contribution >= 0.6 is 0 Å². The van der Waals surface area contributed by atoms with Gasteiger partial charge in [0.2, 0.25) is 5.91 Å². The standard InChI is InChI=1S/C19H25N3O/c1-12(10-13-6-3-2-4-7-13)15-11-16(23)20-19-17(15)18(21-22-19)14-8-5-9-14/h2-4,6-7,10,14-15,17-19,21-22H,5,8-9,11H2,1H3,(H,20,23)/b12-10+. The predicted octanol–water partition coefficient (Wildman–Crippen LogP) is 2.44. The highest BCUT2D eigenvalue weighted by Crippen LogP contribution is 2.42. The second kappa shape index (κ2) is 6.10. The van der Waals surface area contributed by atoms with Crippen molar-refractivity contribution >= 4 is 12.0 Å². The fraction of sp³-hybridized carbons (Fsp3) is 0.526. The van der Waals surface area contributed by atoms with Crippen molar-refractivity contribution in [2.45, 2.75) is 44.8 Å². The molecule has 0 bridgehead atoms. The number of hydrogen-bond donors (Lipinski definition) is 3. The van der Waals surface area contributed by atoms with Crippen molar-refractivity contribution in [1.29, 1.82) is 0 Å². The summed E-state index contributed by atoms with van der Waals surface area (Å²) in [6, 6.07) is 10.9. The largest absolute Gasteiger partial charge is 0.339 e. The van der Waals surface area contributed by atoms with Crippen LogP contribution in [0.25, 0.3) is 6.08 Å². The highest BCUT2D eigenvalue weighted by atomic mass is 16.2. The summed E-state index contributed by atoms with van der Waals surface area (Å²) in [4.78, 5) is 12.1. The van der Waals surface area contributed by atoms with Crippen molar-refractivity contribution in [3.05, 3.63) is 41.5 Å². The van der Waals surface area contributed by atoms with Crippen molar-refractivity contribution in [2.24, 2.45) is 17.8 Å².